The normalized spacial score (nSPS) is 12.9. The van der Waals surface area contributed by atoms with E-state index in [1.54, 1.807) is 24.0 Å². The zero-order valence-corrected chi connectivity index (χ0v) is 23.5. The first kappa shape index (κ1) is 24.8. The van der Waals surface area contributed by atoms with Gasteiger partial charge in [0.2, 0.25) is 14.2 Å². The molecule has 190 valence electrons. The smallest absolute Gasteiger partial charge is 0.291 e. The molecule has 0 aliphatic rings. The van der Waals surface area contributed by atoms with Crippen molar-refractivity contribution in [2.45, 2.75) is 43.3 Å². The Morgan fingerprint density at radius 1 is 1.08 bits per heavy atom. The largest absolute Gasteiger partial charge is 0.360 e. The summed E-state index contributed by atoms with van der Waals surface area (Å²) in [6.07, 6.45) is 4.53. The minimum Gasteiger partial charge on any atom is -0.360 e. The van der Waals surface area contributed by atoms with E-state index >= 15 is 0 Å². The van der Waals surface area contributed by atoms with Gasteiger partial charge in [0, 0.05) is 38.8 Å². The molecule has 13 heteroatoms. The first-order valence-electron chi connectivity index (χ1n) is 11.5. The van der Waals surface area contributed by atoms with E-state index in [-0.39, 0.29) is 16.4 Å². The van der Waals surface area contributed by atoms with Gasteiger partial charge in [-0.25, -0.2) is 22.8 Å². The summed E-state index contributed by atoms with van der Waals surface area (Å²) in [4.78, 5) is 17.7. The summed E-state index contributed by atoms with van der Waals surface area (Å²) < 4.78 is 35.3. The lowest BCUT2D eigenvalue weighted by Gasteiger charge is -2.15. The first-order valence-corrected chi connectivity index (χ1v) is 17.9. The Balaban J connectivity index is 1.46. The first-order chi connectivity index (χ1) is 16.9. The van der Waals surface area contributed by atoms with Crippen molar-refractivity contribution in [1.29, 1.82) is 0 Å². The third-order valence-electron chi connectivity index (χ3n) is 6.13. The molecule has 4 heterocycles. The van der Waals surface area contributed by atoms with Gasteiger partial charge in [0.1, 0.15) is 12.2 Å². The molecule has 0 saturated carbocycles. The molecule has 0 N–H and O–H groups in total. The van der Waals surface area contributed by atoms with Crippen LogP contribution in [0, 0.1) is 0 Å². The summed E-state index contributed by atoms with van der Waals surface area (Å²) in [7, 11) is -2.88. The number of benzene rings is 1. The summed E-state index contributed by atoms with van der Waals surface area (Å²) in [5.41, 5.74) is 2.50. The molecule has 4 aromatic heterocycles. The molecule has 0 spiro atoms. The molecule has 0 fully saturated rings. The van der Waals surface area contributed by atoms with Crippen LogP contribution in [0.15, 0.2) is 39.7 Å². The Kier molecular flexibility index (Phi) is 6.13. The third-order valence-corrected chi connectivity index (χ3v) is 10.6. The van der Waals surface area contributed by atoms with Gasteiger partial charge in [0.15, 0.2) is 5.65 Å². The van der Waals surface area contributed by atoms with Crippen LogP contribution in [0.2, 0.25) is 25.7 Å². The van der Waals surface area contributed by atoms with Crippen molar-refractivity contribution in [3.8, 4) is 0 Å². The Hall–Kier alpha value is -2.87. The van der Waals surface area contributed by atoms with Crippen LogP contribution < -0.4 is 5.56 Å². The summed E-state index contributed by atoms with van der Waals surface area (Å²) in [6.45, 7) is 8.33. The summed E-state index contributed by atoms with van der Waals surface area (Å²) in [5.74, 6) is 0. The van der Waals surface area contributed by atoms with Crippen LogP contribution in [-0.4, -0.2) is 58.5 Å². The average molecular weight is 545 g/mol. The highest BCUT2D eigenvalue weighted by atomic mass is 32.2. The summed E-state index contributed by atoms with van der Waals surface area (Å²) >= 11 is 1.06. The van der Waals surface area contributed by atoms with Crippen molar-refractivity contribution < 1.29 is 13.2 Å². The van der Waals surface area contributed by atoms with Crippen molar-refractivity contribution >= 4 is 61.4 Å². The van der Waals surface area contributed by atoms with Crippen LogP contribution in [0.5, 0.6) is 0 Å². The molecule has 0 aliphatic carbocycles. The fourth-order valence-electron chi connectivity index (χ4n) is 4.14. The zero-order chi connectivity index (χ0) is 25.8. The number of fused-ring (bicyclic) bond motifs is 4. The highest BCUT2D eigenvalue weighted by Gasteiger charge is 2.22. The quantitative estimate of drug-likeness (QED) is 0.217. The van der Waals surface area contributed by atoms with Gasteiger partial charge in [0.25, 0.3) is 5.56 Å². The molecule has 5 rings (SSSR count). The van der Waals surface area contributed by atoms with E-state index in [1.165, 1.54) is 4.68 Å². The van der Waals surface area contributed by atoms with Crippen molar-refractivity contribution in [2.75, 3.05) is 12.9 Å². The minimum atomic E-state index is -3.44. The van der Waals surface area contributed by atoms with E-state index in [1.807, 2.05) is 22.9 Å². The van der Waals surface area contributed by atoms with Crippen molar-refractivity contribution in [1.82, 2.24) is 29.1 Å². The Morgan fingerprint density at radius 3 is 2.53 bits per heavy atom. The van der Waals surface area contributed by atoms with Crippen molar-refractivity contribution in [3.05, 3.63) is 46.5 Å². The van der Waals surface area contributed by atoms with E-state index in [0.717, 1.165) is 40.1 Å². The number of sulfone groups is 1. The van der Waals surface area contributed by atoms with Gasteiger partial charge < -0.3 is 9.30 Å². The van der Waals surface area contributed by atoms with Gasteiger partial charge in [0.05, 0.1) is 29.2 Å². The number of aromatic nitrogens is 6. The molecule has 1 aromatic carbocycles. The van der Waals surface area contributed by atoms with Crippen LogP contribution in [0.4, 0.5) is 0 Å². The van der Waals surface area contributed by atoms with Gasteiger partial charge in [-0.3, -0.25) is 4.79 Å². The van der Waals surface area contributed by atoms with Crippen LogP contribution in [0.25, 0.3) is 32.2 Å². The second kappa shape index (κ2) is 8.90. The van der Waals surface area contributed by atoms with Crippen molar-refractivity contribution in [2.24, 2.45) is 7.05 Å². The molecule has 36 heavy (non-hydrogen) atoms. The molecule has 0 saturated heterocycles. The third kappa shape index (κ3) is 4.51. The molecule has 0 amide bonds. The molecule has 0 bridgehead atoms. The molecule has 0 radical (unpaired) electrons. The number of ether oxygens (including phenoxy) is 1. The van der Waals surface area contributed by atoms with Gasteiger partial charge in [-0.1, -0.05) is 31.8 Å². The lowest BCUT2D eigenvalue weighted by atomic mass is 10.1. The lowest BCUT2D eigenvalue weighted by Crippen LogP contribution is -2.24. The van der Waals surface area contributed by atoms with Gasteiger partial charge in [-0.05, 0) is 17.7 Å². The fraction of sp³-hybridized carbons (Fsp3) is 0.391. The predicted octanol–water partition coefficient (Wildman–Crippen LogP) is 3.46. The standard InChI is InChI=1S/C23H28N6O4S2Si/c1-27-19-17(20-21(27)26-23(34-20)35(2,31)32)12-24-28(22(19)30)13-15-7-6-8-18-16(15)11-25-29(18)14-33-9-10-36(3,4)5/h6-8,11-12H,9-10,13-14H2,1-5H3. The lowest BCUT2D eigenvalue weighted by molar-refractivity contribution is 0.0817. The number of hydrogen-bond donors (Lipinski definition) is 0. The van der Waals surface area contributed by atoms with E-state index in [9.17, 15) is 13.2 Å². The Morgan fingerprint density at radius 2 is 1.81 bits per heavy atom. The highest BCUT2D eigenvalue weighted by molar-refractivity contribution is 7.92. The van der Waals surface area contributed by atoms with E-state index in [2.05, 4.69) is 34.8 Å². The van der Waals surface area contributed by atoms with Gasteiger partial charge in [-0.15, -0.1) is 11.3 Å². The molecule has 0 aliphatic heterocycles. The van der Waals surface area contributed by atoms with E-state index in [0.29, 0.717) is 34.6 Å². The van der Waals surface area contributed by atoms with Crippen LogP contribution in [-0.2, 0) is 34.9 Å². The van der Waals surface area contributed by atoms with E-state index in [4.69, 9.17) is 4.74 Å². The van der Waals surface area contributed by atoms with Gasteiger partial charge in [-0.2, -0.15) is 10.2 Å². The molecule has 5 aromatic rings. The van der Waals surface area contributed by atoms with E-state index < -0.39 is 17.9 Å². The maximum Gasteiger partial charge on any atom is 0.291 e. The topological polar surface area (TPSA) is 114 Å². The molecule has 0 unspecified atom stereocenters. The zero-order valence-electron chi connectivity index (χ0n) is 20.8. The average Bonchev–Trinajstić information content (AvgIpc) is 3.47. The number of rotatable bonds is 8. The maximum absolute atomic E-state index is 13.4. The molecular formula is C23H28N6O4S2Si. The molecular weight excluding hydrogens is 517 g/mol. The van der Waals surface area contributed by atoms with Crippen molar-refractivity contribution in [3.63, 3.8) is 0 Å². The van der Waals surface area contributed by atoms with Crippen LogP contribution >= 0.6 is 11.3 Å². The van der Waals surface area contributed by atoms with Crippen LogP contribution in [0.1, 0.15) is 5.56 Å². The summed E-state index contributed by atoms with van der Waals surface area (Å²) in [5, 5.41) is 10.4. The Labute approximate surface area is 213 Å². The number of nitrogens with zero attached hydrogens (tertiary/aromatic N) is 6. The second-order valence-electron chi connectivity index (χ2n) is 10.2. The number of aryl methyl sites for hydroxylation is 1. The predicted molar refractivity (Wildman–Crippen MR) is 144 cm³/mol. The number of thiazole rings is 1. The molecule has 10 nitrogen and oxygen atoms in total. The fourth-order valence-corrected chi connectivity index (χ4v) is 6.84. The Bertz CT molecular complexity index is 1780. The van der Waals surface area contributed by atoms with Gasteiger partial charge >= 0.3 is 0 Å². The molecule has 0 atom stereocenters. The maximum atomic E-state index is 13.4. The summed E-state index contributed by atoms with van der Waals surface area (Å²) in [6, 6.07) is 6.98. The second-order valence-corrected chi connectivity index (χ2v) is 19.0. The number of hydrogen-bond acceptors (Lipinski definition) is 8. The highest BCUT2D eigenvalue weighted by Crippen LogP contribution is 2.32. The monoisotopic (exact) mass is 544 g/mol. The SMILES string of the molecule is Cn1c2nc(S(C)(=O)=O)sc2c2cnn(Cc3cccc4c3cnn4COCC[Si](C)(C)C)c(=O)c21. The minimum absolute atomic E-state index is 0.0299. The van der Waals surface area contributed by atoms with Crippen LogP contribution in [0.3, 0.4) is 0 Å².